The lowest BCUT2D eigenvalue weighted by molar-refractivity contribution is -0.143. The first kappa shape index (κ1) is 20.2. The van der Waals surface area contributed by atoms with Gasteiger partial charge in [0.2, 0.25) is 0 Å². The fourth-order valence-electron chi connectivity index (χ4n) is 4.87. The van der Waals surface area contributed by atoms with Gasteiger partial charge in [-0.25, -0.2) is 4.98 Å². The Morgan fingerprint density at radius 2 is 2.16 bits per heavy atom. The Morgan fingerprint density at radius 3 is 2.94 bits per heavy atom. The molecule has 0 unspecified atom stereocenters. The predicted octanol–water partition coefficient (Wildman–Crippen LogP) is 2.95. The molecule has 7 nitrogen and oxygen atoms in total. The largest absolute Gasteiger partial charge is 0.380 e. The van der Waals surface area contributed by atoms with Crippen LogP contribution in [-0.4, -0.2) is 57.8 Å². The standard InChI is InChI=1S/C24H25ClN4O3/c25-20-11-28-22-18(20)9-16(10-27-22)15-7-14-1-5-29(23(30)24(31)2-3-24)12-19(14)17(8-15)21-13-32-6-4-26-21/h7-11,21,26,31H,1-6,12-13H2,(H,27,28)/t21-/m0/s1. The number of carbonyl (C=O) groups excluding carboxylic acids is 1. The molecule has 1 amide bonds. The zero-order valence-corrected chi connectivity index (χ0v) is 18.4. The first-order chi connectivity index (χ1) is 15.5. The number of aromatic amines is 1. The zero-order valence-electron chi connectivity index (χ0n) is 17.7. The van der Waals surface area contributed by atoms with E-state index in [0.717, 1.165) is 46.3 Å². The molecule has 0 bridgehead atoms. The number of rotatable bonds is 3. The number of H-pyrrole nitrogens is 1. The summed E-state index contributed by atoms with van der Waals surface area (Å²) in [5, 5.41) is 15.5. The van der Waals surface area contributed by atoms with Crippen LogP contribution in [0.1, 0.15) is 35.6 Å². The van der Waals surface area contributed by atoms with E-state index in [4.69, 9.17) is 16.3 Å². The van der Waals surface area contributed by atoms with Gasteiger partial charge in [-0.3, -0.25) is 4.79 Å². The lowest BCUT2D eigenvalue weighted by atomic mass is 9.87. The molecule has 2 fully saturated rings. The van der Waals surface area contributed by atoms with Crippen LogP contribution in [0.5, 0.6) is 0 Å². The maximum absolute atomic E-state index is 12.8. The van der Waals surface area contributed by atoms with Crippen molar-refractivity contribution in [2.45, 2.75) is 37.5 Å². The van der Waals surface area contributed by atoms with Crippen LogP contribution >= 0.6 is 11.6 Å². The van der Waals surface area contributed by atoms with Crippen molar-refractivity contribution in [3.63, 3.8) is 0 Å². The van der Waals surface area contributed by atoms with Crippen molar-refractivity contribution in [2.24, 2.45) is 0 Å². The second-order valence-corrected chi connectivity index (χ2v) is 9.46. The smallest absolute Gasteiger partial charge is 0.254 e. The number of carbonyl (C=O) groups is 1. The van der Waals surface area contributed by atoms with E-state index in [1.807, 2.05) is 11.1 Å². The Bertz CT molecular complexity index is 1210. The molecule has 1 aromatic carbocycles. The monoisotopic (exact) mass is 452 g/mol. The summed E-state index contributed by atoms with van der Waals surface area (Å²) in [7, 11) is 0. The number of halogens is 1. The van der Waals surface area contributed by atoms with E-state index in [1.165, 1.54) is 5.56 Å². The number of nitrogens with zero attached hydrogens (tertiary/aromatic N) is 2. The molecule has 3 aliphatic rings. The van der Waals surface area contributed by atoms with E-state index in [-0.39, 0.29) is 11.9 Å². The first-order valence-electron chi connectivity index (χ1n) is 11.1. The molecular weight excluding hydrogens is 428 g/mol. The summed E-state index contributed by atoms with van der Waals surface area (Å²) in [6.45, 7) is 3.22. The van der Waals surface area contributed by atoms with E-state index in [9.17, 15) is 9.90 Å². The number of morpholine rings is 1. The van der Waals surface area contributed by atoms with Gasteiger partial charge in [0, 0.05) is 43.0 Å². The summed E-state index contributed by atoms with van der Waals surface area (Å²) in [4.78, 5) is 22.3. The van der Waals surface area contributed by atoms with Crippen LogP contribution in [0, 0.1) is 0 Å². The minimum Gasteiger partial charge on any atom is -0.380 e. The highest BCUT2D eigenvalue weighted by Gasteiger charge is 2.50. The van der Waals surface area contributed by atoms with Crippen LogP contribution in [-0.2, 0) is 22.5 Å². The molecule has 166 valence electrons. The Kier molecular flexibility index (Phi) is 4.76. The number of hydrogen-bond donors (Lipinski definition) is 3. The quantitative estimate of drug-likeness (QED) is 0.568. The van der Waals surface area contributed by atoms with Crippen molar-refractivity contribution >= 4 is 28.5 Å². The van der Waals surface area contributed by atoms with Crippen molar-refractivity contribution in [1.82, 2.24) is 20.2 Å². The van der Waals surface area contributed by atoms with Gasteiger partial charge in [0.15, 0.2) is 0 Å². The fourth-order valence-corrected chi connectivity index (χ4v) is 5.07. The number of nitrogens with one attached hydrogen (secondary N) is 2. The van der Waals surface area contributed by atoms with Crippen molar-refractivity contribution < 1.29 is 14.6 Å². The molecule has 8 heteroatoms. The van der Waals surface area contributed by atoms with E-state index in [2.05, 4.69) is 33.5 Å². The van der Waals surface area contributed by atoms with Gasteiger partial charge >= 0.3 is 0 Å². The second kappa shape index (κ2) is 7.56. The number of aromatic nitrogens is 2. The van der Waals surface area contributed by atoms with Crippen molar-refractivity contribution in [3.05, 3.63) is 52.3 Å². The van der Waals surface area contributed by atoms with Gasteiger partial charge in [-0.05, 0) is 53.6 Å². The molecule has 6 rings (SSSR count). The highest BCUT2D eigenvalue weighted by molar-refractivity contribution is 6.35. The van der Waals surface area contributed by atoms with Crippen LogP contribution in [0.4, 0.5) is 0 Å². The Balaban J connectivity index is 1.42. The maximum Gasteiger partial charge on any atom is 0.254 e. The highest BCUT2D eigenvalue weighted by Crippen LogP contribution is 2.40. The Hall–Kier alpha value is -2.45. The zero-order chi connectivity index (χ0) is 21.9. The summed E-state index contributed by atoms with van der Waals surface area (Å²) >= 11 is 6.33. The van der Waals surface area contributed by atoms with Crippen LogP contribution in [0.3, 0.4) is 0 Å². The Labute approximate surface area is 190 Å². The molecule has 3 N–H and O–H groups in total. The highest BCUT2D eigenvalue weighted by atomic mass is 35.5. The summed E-state index contributed by atoms with van der Waals surface area (Å²) in [6, 6.07) is 6.52. The molecule has 1 saturated heterocycles. The number of hydrogen-bond acceptors (Lipinski definition) is 5. The molecule has 2 aliphatic heterocycles. The SMILES string of the molecule is O=C(N1CCc2cc(-c3cnc4[nH]cc(Cl)c4c3)cc([C@@H]3COCCN3)c2C1)C1(O)CC1. The van der Waals surface area contributed by atoms with Crippen LogP contribution in [0.2, 0.25) is 5.02 Å². The predicted molar refractivity (Wildman–Crippen MR) is 121 cm³/mol. The van der Waals surface area contributed by atoms with Crippen LogP contribution < -0.4 is 5.32 Å². The van der Waals surface area contributed by atoms with E-state index in [1.54, 1.807) is 6.20 Å². The molecule has 1 aliphatic carbocycles. The Morgan fingerprint density at radius 1 is 1.28 bits per heavy atom. The number of ether oxygens (including phenoxy) is 1. The molecule has 32 heavy (non-hydrogen) atoms. The third-order valence-corrected chi connectivity index (χ3v) is 7.21. The van der Waals surface area contributed by atoms with Gasteiger partial charge in [-0.15, -0.1) is 0 Å². The van der Waals surface area contributed by atoms with Gasteiger partial charge in [0.25, 0.3) is 5.91 Å². The molecule has 0 spiro atoms. The van der Waals surface area contributed by atoms with Gasteiger partial charge in [-0.2, -0.15) is 0 Å². The number of pyridine rings is 1. The third kappa shape index (κ3) is 3.40. The molecule has 3 aromatic rings. The topological polar surface area (TPSA) is 90.5 Å². The lowest BCUT2D eigenvalue weighted by Gasteiger charge is -2.35. The number of fused-ring (bicyclic) bond motifs is 2. The van der Waals surface area contributed by atoms with Crippen molar-refractivity contribution in [2.75, 3.05) is 26.3 Å². The van der Waals surface area contributed by atoms with Crippen molar-refractivity contribution in [1.29, 1.82) is 0 Å². The second-order valence-electron chi connectivity index (χ2n) is 9.05. The summed E-state index contributed by atoms with van der Waals surface area (Å²) in [5.74, 6) is -0.136. The van der Waals surface area contributed by atoms with E-state index >= 15 is 0 Å². The van der Waals surface area contributed by atoms with Gasteiger partial charge < -0.3 is 25.0 Å². The van der Waals surface area contributed by atoms with E-state index in [0.29, 0.717) is 44.2 Å². The van der Waals surface area contributed by atoms with Crippen LogP contribution in [0.25, 0.3) is 22.2 Å². The average molecular weight is 453 g/mol. The summed E-state index contributed by atoms with van der Waals surface area (Å²) in [5.41, 5.74) is 5.26. The average Bonchev–Trinajstić information content (AvgIpc) is 3.49. The van der Waals surface area contributed by atoms with Gasteiger partial charge in [0.1, 0.15) is 11.2 Å². The lowest BCUT2D eigenvalue weighted by Crippen LogP contribution is -2.44. The molecule has 1 saturated carbocycles. The van der Waals surface area contributed by atoms with Gasteiger partial charge in [0.05, 0.1) is 24.3 Å². The minimum absolute atomic E-state index is 0.0593. The molecule has 2 aromatic heterocycles. The minimum atomic E-state index is -1.14. The first-order valence-corrected chi connectivity index (χ1v) is 11.5. The van der Waals surface area contributed by atoms with Crippen molar-refractivity contribution in [3.8, 4) is 11.1 Å². The maximum atomic E-state index is 12.8. The fraction of sp³-hybridized carbons (Fsp3) is 0.417. The van der Waals surface area contributed by atoms with E-state index < -0.39 is 5.60 Å². The normalized spacial score (nSPS) is 22.1. The molecular formula is C24H25ClN4O3. The molecule has 4 heterocycles. The number of benzene rings is 1. The van der Waals surface area contributed by atoms with Gasteiger partial charge in [-0.1, -0.05) is 17.7 Å². The third-order valence-electron chi connectivity index (χ3n) is 6.90. The summed E-state index contributed by atoms with van der Waals surface area (Å²) in [6.07, 6.45) is 5.51. The number of amides is 1. The molecule has 1 atom stereocenters. The molecule has 0 radical (unpaired) electrons. The number of aliphatic hydroxyl groups is 1. The van der Waals surface area contributed by atoms with Crippen LogP contribution in [0.15, 0.2) is 30.6 Å². The summed E-state index contributed by atoms with van der Waals surface area (Å²) < 4.78 is 5.76.